The summed E-state index contributed by atoms with van der Waals surface area (Å²) < 4.78 is 0. The van der Waals surface area contributed by atoms with E-state index in [1.54, 1.807) is 0 Å². The zero-order valence-corrected chi connectivity index (χ0v) is 15.9. The van der Waals surface area contributed by atoms with E-state index in [1.165, 1.54) is 11.3 Å². The molecule has 1 aliphatic heterocycles. The third kappa shape index (κ3) is 3.81. The van der Waals surface area contributed by atoms with E-state index in [4.69, 9.17) is 0 Å². The normalized spacial score (nSPS) is 19.8. The van der Waals surface area contributed by atoms with Crippen molar-refractivity contribution in [3.05, 3.63) is 114 Å². The lowest BCUT2D eigenvalue weighted by Gasteiger charge is -2.18. The van der Waals surface area contributed by atoms with Gasteiger partial charge >= 0.3 is 0 Å². The first-order chi connectivity index (χ1) is 14.3. The molecule has 0 radical (unpaired) electrons. The van der Waals surface area contributed by atoms with Crippen LogP contribution in [-0.2, 0) is 0 Å². The number of allylic oxidation sites excluding steroid dienone is 2. The van der Waals surface area contributed by atoms with Crippen molar-refractivity contribution in [2.75, 3.05) is 5.32 Å². The Balaban J connectivity index is 1.33. The Labute approximate surface area is 170 Å². The lowest BCUT2D eigenvalue weighted by atomic mass is 9.89. The Morgan fingerprint density at radius 2 is 1.45 bits per heavy atom. The Kier molecular flexibility index (Phi) is 4.63. The summed E-state index contributed by atoms with van der Waals surface area (Å²) in [5, 5.41) is 3.65. The van der Waals surface area contributed by atoms with Crippen molar-refractivity contribution in [1.82, 2.24) is 0 Å². The summed E-state index contributed by atoms with van der Waals surface area (Å²) in [5.41, 5.74) is 6.66. The van der Waals surface area contributed by atoms with Gasteiger partial charge in [0.2, 0.25) is 0 Å². The maximum Gasteiger partial charge on any atom is 0.0629 e. The molecule has 3 aromatic rings. The van der Waals surface area contributed by atoms with Crippen LogP contribution in [0.3, 0.4) is 0 Å². The SMILES string of the molecule is C1=CC2c3ccc(/C=N/c4ccccc4)cc3NC2C=C1/C=N/c1ccccc1. The van der Waals surface area contributed by atoms with Gasteiger partial charge in [-0.25, -0.2) is 0 Å². The number of hydrogen-bond donors (Lipinski definition) is 1. The van der Waals surface area contributed by atoms with E-state index in [9.17, 15) is 0 Å². The molecule has 3 nitrogen and oxygen atoms in total. The van der Waals surface area contributed by atoms with Crippen molar-refractivity contribution in [3.8, 4) is 0 Å². The van der Waals surface area contributed by atoms with Gasteiger partial charge in [0.25, 0.3) is 0 Å². The minimum atomic E-state index is 0.258. The van der Waals surface area contributed by atoms with E-state index in [1.807, 2.05) is 73.1 Å². The maximum atomic E-state index is 4.57. The van der Waals surface area contributed by atoms with E-state index in [-0.39, 0.29) is 6.04 Å². The molecule has 0 fully saturated rings. The van der Waals surface area contributed by atoms with Crippen LogP contribution in [0.25, 0.3) is 0 Å². The molecule has 1 aliphatic carbocycles. The third-order valence-corrected chi connectivity index (χ3v) is 5.25. The van der Waals surface area contributed by atoms with E-state index in [0.717, 1.165) is 22.5 Å². The predicted octanol–water partition coefficient (Wildman–Crippen LogP) is 6.21. The highest BCUT2D eigenvalue weighted by atomic mass is 15.0. The van der Waals surface area contributed by atoms with Gasteiger partial charge in [-0.1, -0.05) is 66.8 Å². The average molecular weight is 375 g/mol. The zero-order chi connectivity index (χ0) is 19.5. The van der Waals surface area contributed by atoms with Crippen LogP contribution in [0.2, 0.25) is 0 Å². The smallest absolute Gasteiger partial charge is 0.0629 e. The molecule has 2 aliphatic rings. The Hall–Kier alpha value is -3.72. The third-order valence-electron chi connectivity index (χ3n) is 5.25. The maximum absolute atomic E-state index is 4.57. The summed E-state index contributed by atoms with van der Waals surface area (Å²) in [6.45, 7) is 0. The van der Waals surface area contributed by atoms with Crippen LogP contribution < -0.4 is 5.32 Å². The summed E-state index contributed by atoms with van der Waals surface area (Å²) in [6, 6.07) is 26.8. The second kappa shape index (κ2) is 7.72. The van der Waals surface area contributed by atoms with Crippen molar-refractivity contribution >= 4 is 29.5 Å². The molecule has 1 heterocycles. The Morgan fingerprint density at radius 3 is 2.17 bits per heavy atom. The summed E-state index contributed by atoms with van der Waals surface area (Å²) in [6.07, 6.45) is 10.5. The van der Waals surface area contributed by atoms with Crippen LogP contribution in [0.1, 0.15) is 17.0 Å². The lowest BCUT2D eigenvalue weighted by molar-refractivity contribution is 0.802. The molecule has 1 N–H and O–H groups in total. The highest BCUT2D eigenvalue weighted by Gasteiger charge is 2.30. The largest absolute Gasteiger partial charge is 0.378 e. The fourth-order valence-electron chi connectivity index (χ4n) is 3.79. The van der Waals surface area contributed by atoms with Gasteiger partial charge in [-0.2, -0.15) is 0 Å². The van der Waals surface area contributed by atoms with Crippen molar-refractivity contribution in [1.29, 1.82) is 0 Å². The standard InChI is InChI=1S/C26H21N3/c1-3-7-21(8-4-1)27-17-19-11-13-23-24-14-12-20(16-26(24)29-25(23)15-19)18-28-22-9-5-2-6-10-22/h1-18,23,25,29H/b27-17+,28-18+. The van der Waals surface area contributed by atoms with Crippen LogP contribution >= 0.6 is 0 Å². The van der Waals surface area contributed by atoms with Crippen LogP contribution in [-0.4, -0.2) is 18.5 Å². The number of aliphatic imine (C=N–C) groups is 2. The molecule has 0 saturated heterocycles. The van der Waals surface area contributed by atoms with E-state index >= 15 is 0 Å². The van der Waals surface area contributed by atoms with Gasteiger partial charge in [0.05, 0.1) is 17.4 Å². The number of para-hydroxylation sites is 2. The molecule has 140 valence electrons. The van der Waals surface area contributed by atoms with Gasteiger partial charge in [-0.05, 0) is 47.0 Å². The number of benzene rings is 3. The number of rotatable bonds is 4. The lowest BCUT2D eigenvalue weighted by Crippen LogP contribution is -2.19. The number of fused-ring (bicyclic) bond motifs is 3. The van der Waals surface area contributed by atoms with Crippen LogP contribution in [0.5, 0.6) is 0 Å². The summed E-state index contributed by atoms with van der Waals surface area (Å²) in [7, 11) is 0. The number of hydrogen-bond acceptors (Lipinski definition) is 3. The van der Waals surface area contributed by atoms with Crippen molar-refractivity contribution in [2.45, 2.75) is 12.0 Å². The number of nitrogens with zero attached hydrogens (tertiary/aromatic N) is 2. The van der Waals surface area contributed by atoms with E-state index in [0.29, 0.717) is 5.92 Å². The van der Waals surface area contributed by atoms with Gasteiger partial charge in [0.15, 0.2) is 0 Å². The van der Waals surface area contributed by atoms with E-state index in [2.05, 4.69) is 51.7 Å². The minimum absolute atomic E-state index is 0.258. The highest BCUT2D eigenvalue weighted by molar-refractivity contribution is 5.87. The van der Waals surface area contributed by atoms with Crippen molar-refractivity contribution < 1.29 is 0 Å². The molecule has 0 bridgehead atoms. The molecule has 29 heavy (non-hydrogen) atoms. The molecule has 0 saturated carbocycles. The molecule has 5 rings (SSSR count). The second-order valence-electron chi connectivity index (χ2n) is 7.26. The summed E-state index contributed by atoms with van der Waals surface area (Å²) in [5.74, 6) is 0.360. The molecule has 3 aromatic carbocycles. The number of anilines is 1. The van der Waals surface area contributed by atoms with Gasteiger partial charge in [0, 0.05) is 24.0 Å². The first kappa shape index (κ1) is 17.4. The number of nitrogens with one attached hydrogen (secondary N) is 1. The van der Waals surface area contributed by atoms with Crippen LogP contribution in [0.15, 0.2) is 113 Å². The van der Waals surface area contributed by atoms with Crippen LogP contribution in [0, 0.1) is 0 Å². The van der Waals surface area contributed by atoms with Crippen LogP contribution in [0.4, 0.5) is 17.1 Å². The molecule has 0 aromatic heterocycles. The summed E-state index contributed by atoms with van der Waals surface area (Å²) in [4.78, 5) is 9.13. The van der Waals surface area contributed by atoms with Crippen molar-refractivity contribution in [2.24, 2.45) is 9.98 Å². The average Bonchev–Trinajstić information content (AvgIpc) is 3.14. The van der Waals surface area contributed by atoms with Gasteiger partial charge < -0.3 is 5.32 Å². The molecular formula is C26H21N3. The van der Waals surface area contributed by atoms with Gasteiger partial charge in [-0.3, -0.25) is 9.98 Å². The minimum Gasteiger partial charge on any atom is -0.378 e. The van der Waals surface area contributed by atoms with Gasteiger partial charge in [-0.15, -0.1) is 0 Å². The fourth-order valence-corrected chi connectivity index (χ4v) is 3.79. The first-order valence-corrected chi connectivity index (χ1v) is 9.84. The Morgan fingerprint density at radius 1 is 0.759 bits per heavy atom. The molecule has 2 unspecified atom stereocenters. The van der Waals surface area contributed by atoms with E-state index < -0.39 is 0 Å². The Bertz CT molecular complexity index is 1130. The predicted molar refractivity (Wildman–Crippen MR) is 122 cm³/mol. The second-order valence-corrected chi connectivity index (χ2v) is 7.26. The quantitative estimate of drug-likeness (QED) is 0.541. The topological polar surface area (TPSA) is 36.8 Å². The molecule has 0 amide bonds. The fraction of sp³-hybridized carbons (Fsp3) is 0.0769. The first-order valence-electron chi connectivity index (χ1n) is 9.84. The molecule has 2 atom stereocenters. The molecule has 0 spiro atoms. The van der Waals surface area contributed by atoms with Crippen molar-refractivity contribution in [3.63, 3.8) is 0 Å². The summed E-state index contributed by atoms with van der Waals surface area (Å²) >= 11 is 0. The highest BCUT2D eigenvalue weighted by Crippen LogP contribution is 2.40. The zero-order valence-electron chi connectivity index (χ0n) is 15.9. The van der Waals surface area contributed by atoms with Gasteiger partial charge in [0.1, 0.15) is 0 Å². The monoisotopic (exact) mass is 375 g/mol. The molecule has 3 heteroatoms. The molecular weight excluding hydrogens is 354 g/mol.